The molecular formula is C16H25N3O. The second kappa shape index (κ2) is 6.84. The number of amides is 1. The number of pyridine rings is 1. The highest BCUT2D eigenvalue weighted by Crippen LogP contribution is 2.18. The minimum absolute atomic E-state index is 0.107. The number of rotatable bonds is 4. The molecule has 4 nitrogen and oxygen atoms in total. The molecule has 1 unspecified atom stereocenters. The van der Waals surface area contributed by atoms with E-state index in [9.17, 15) is 4.79 Å². The van der Waals surface area contributed by atoms with Crippen molar-refractivity contribution in [1.29, 1.82) is 0 Å². The molecular weight excluding hydrogens is 250 g/mol. The maximum absolute atomic E-state index is 11.9. The normalized spacial score (nSPS) is 18.3. The Kier molecular flexibility index (Phi) is 5.12. The molecule has 1 aliphatic rings. The number of carbonyl (C=O) groups excluding carboxylic acids is 1. The van der Waals surface area contributed by atoms with Crippen molar-refractivity contribution in [1.82, 2.24) is 15.2 Å². The van der Waals surface area contributed by atoms with Crippen molar-refractivity contribution in [2.24, 2.45) is 5.92 Å². The van der Waals surface area contributed by atoms with E-state index in [4.69, 9.17) is 0 Å². The van der Waals surface area contributed by atoms with Crippen LogP contribution in [0.1, 0.15) is 45.2 Å². The number of carbonyl (C=O) groups is 1. The summed E-state index contributed by atoms with van der Waals surface area (Å²) in [5.74, 6) is 0.390. The summed E-state index contributed by atoms with van der Waals surface area (Å²) in [7, 11) is 0. The van der Waals surface area contributed by atoms with E-state index < -0.39 is 0 Å². The van der Waals surface area contributed by atoms with Crippen LogP contribution in [0.3, 0.4) is 0 Å². The van der Waals surface area contributed by atoms with Crippen LogP contribution in [-0.2, 0) is 4.79 Å². The topological polar surface area (TPSA) is 45.2 Å². The second-order valence-corrected chi connectivity index (χ2v) is 5.92. The van der Waals surface area contributed by atoms with Gasteiger partial charge < -0.3 is 10.2 Å². The smallest absolute Gasteiger partial charge is 0.225 e. The van der Waals surface area contributed by atoms with Crippen LogP contribution in [0.2, 0.25) is 0 Å². The number of nitrogens with zero attached hydrogens (tertiary/aromatic N) is 2. The largest absolute Gasteiger partial charge is 0.342 e. The third kappa shape index (κ3) is 3.79. The molecule has 1 atom stereocenters. The van der Waals surface area contributed by atoms with Crippen molar-refractivity contribution in [2.75, 3.05) is 13.1 Å². The van der Waals surface area contributed by atoms with E-state index in [1.807, 2.05) is 31.1 Å². The number of piperidine rings is 1. The Morgan fingerprint density at radius 2 is 1.85 bits per heavy atom. The highest BCUT2D eigenvalue weighted by atomic mass is 16.2. The number of likely N-dealkylation sites (tertiary alicyclic amines) is 1. The molecule has 0 radical (unpaired) electrons. The molecule has 2 heterocycles. The zero-order valence-electron chi connectivity index (χ0n) is 12.7. The molecule has 0 bridgehead atoms. The second-order valence-electron chi connectivity index (χ2n) is 5.92. The summed E-state index contributed by atoms with van der Waals surface area (Å²) in [4.78, 5) is 18.0. The van der Waals surface area contributed by atoms with Crippen LogP contribution in [0.4, 0.5) is 0 Å². The van der Waals surface area contributed by atoms with Gasteiger partial charge in [-0.15, -0.1) is 0 Å². The van der Waals surface area contributed by atoms with Gasteiger partial charge in [0, 0.05) is 43.5 Å². The van der Waals surface area contributed by atoms with Crippen LogP contribution in [-0.4, -0.2) is 34.9 Å². The number of hydrogen-bond acceptors (Lipinski definition) is 3. The molecule has 0 aliphatic carbocycles. The Labute approximate surface area is 121 Å². The minimum atomic E-state index is 0.107. The first kappa shape index (κ1) is 15.0. The molecule has 4 heteroatoms. The monoisotopic (exact) mass is 275 g/mol. The average Bonchev–Trinajstić information content (AvgIpc) is 2.48. The summed E-state index contributed by atoms with van der Waals surface area (Å²) in [6.45, 7) is 7.87. The summed E-state index contributed by atoms with van der Waals surface area (Å²) in [5.41, 5.74) is 1.26. The van der Waals surface area contributed by atoms with E-state index in [1.165, 1.54) is 5.56 Å². The number of nitrogens with one attached hydrogen (secondary N) is 1. The van der Waals surface area contributed by atoms with Crippen LogP contribution < -0.4 is 5.32 Å². The summed E-state index contributed by atoms with van der Waals surface area (Å²) >= 11 is 0. The van der Waals surface area contributed by atoms with Gasteiger partial charge in [0.1, 0.15) is 0 Å². The van der Waals surface area contributed by atoms with Gasteiger partial charge in [-0.2, -0.15) is 0 Å². The first-order valence-corrected chi connectivity index (χ1v) is 7.52. The molecule has 1 fully saturated rings. The Morgan fingerprint density at radius 1 is 1.25 bits per heavy atom. The molecule has 0 aromatic carbocycles. The van der Waals surface area contributed by atoms with Gasteiger partial charge in [0.2, 0.25) is 5.91 Å². The van der Waals surface area contributed by atoms with Crippen molar-refractivity contribution in [3.05, 3.63) is 30.1 Å². The molecule has 1 aromatic heterocycles. The van der Waals surface area contributed by atoms with Crippen molar-refractivity contribution >= 4 is 5.91 Å². The fraction of sp³-hybridized carbons (Fsp3) is 0.625. The summed E-state index contributed by atoms with van der Waals surface area (Å²) < 4.78 is 0. The molecule has 20 heavy (non-hydrogen) atoms. The molecule has 0 spiro atoms. The molecule has 0 saturated carbocycles. The quantitative estimate of drug-likeness (QED) is 0.917. The average molecular weight is 275 g/mol. The van der Waals surface area contributed by atoms with E-state index in [0.717, 1.165) is 25.9 Å². The zero-order valence-corrected chi connectivity index (χ0v) is 12.7. The van der Waals surface area contributed by atoms with Crippen LogP contribution in [0.25, 0.3) is 0 Å². The third-order valence-electron chi connectivity index (χ3n) is 3.99. The highest BCUT2D eigenvalue weighted by molar-refractivity contribution is 5.78. The van der Waals surface area contributed by atoms with Crippen LogP contribution in [0, 0.1) is 5.92 Å². The lowest BCUT2D eigenvalue weighted by Gasteiger charge is -2.35. The van der Waals surface area contributed by atoms with Crippen molar-refractivity contribution in [3.8, 4) is 0 Å². The van der Waals surface area contributed by atoms with E-state index in [0.29, 0.717) is 12.1 Å². The van der Waals surface area contributed by atoms with Gasteiger partial charge in [-0.05, 0) is 37.5 Å². The molecule has 1 saturated heterocycles. The summed E-state index contributed by atoms with van der Waals surface area (Å²) in [6, 6.07) is 4.93. The lowest BCUT2D eigenvalue weighted by molar-refractivity contribution is -0.135. The fourth-order valence-electron chi connectivity index (χ4n) is 2.73. The lowest BCUT2D eigenvalue weighted by atomic mass is 10.0. The zero-order chi connectivity index (χ0) is 14.5. The number of hydrogen-bond donors (Lipinski definition) is 1. The Bertz CT molecular complexity index is 425. The fourth-order valence-corrected chi connectivity index (χ4v) is 2.73. The molecule has 1 amide bonds. The predicted octanol–water partition coefficient (Wildman–Crippen LogP) is 2.38. The van der Waals surface area contributed by atoms with E-state index >= 15 is 0 Å². The molecule has 1 N–H and O–H groups in total. The van der Waals surface area contributed by atoms with Gasteiger partial charge in [0.15, 0.2) is 0 Å². The maximum atomic E-state index is 11.9. The lowest BCUT2D eigenvalue weighted by Crippen LogP contribution is -2.46. The van der Waals surface area contributed by atoms with Gasteiger partial charge >= 0.3 is 0 Å². The first-order valence-electron chi connectivity index (χ1n) is 7.52. The molecule has 1 aliphatic heterocycles. The Morgan fingerprint density at radius 3 is 2.40 bits per heavy atom. The standard InChI is InChI=1S/C16H25N3O/c1-12(2)16(20)19-10-6-15(7-11-19)18-13(3)14-4-8-17-9-5-14/h4-5,8-9,12-13,15,18H,6-7,10-11H2,1-3H3. The third-order valence-corrected chi connectivity index (χ3v) is 3.99. The van der Waals surface area contributed by atoms with Gasteiger partial charge in [0.05, 0.1) is 0 Å². The molecule has 1 aromatic rings. The van der Waals surface area contributed by atoms with Gasteiger partial charge in [0.25, 0.3) is 0 Å². The Hall–Kier alpha value is -1.42. The Balaban J connectivity index is 1.81. The van der Waals surface area contributed by atoms with Gasteiger partial charge in [-0.25, -0.2) is 0 Å². The van der Waals surface area contributed by atoms with Crippen LogP contribution in [0.15, 0.2) is 24.5 Å². The first-order chi connectivity index (χ1) is 9.58. The van der Waals surface area contributed by atoms with Crippen molar-refractivity contribution < 1.29 is 4.79 Å². The molecule has 2 rings (SSSR count). The highest BCUT2D eigenvalue weighted by Gasteiger charge is 2.24. The van der Waals surface area contributed by atoms with Crippen molar-refractivity contribution in [3.63, 3.8) is 0 Å². The predicted molar refractivity (Wildman–Crippen MR) is 80.2 cm³/mol. The SMILES string of the molecule is CC(C)C(=O)N1CCC(NC(C)c2ccncc2)CC1. The minimum Gasteiger partial charge on any atom is -0.342 e. The van der Waals surface area contributed by atoms with Gasteiger partial charge in [-0.3, -0.25) is 9.78 Å². The summed E-state index contributed by atoms with van der Waals surface area (Å²) in [6.07, 6.45) is 5.73. The van der Waals surface area contributed by atoms with Crippen LogP contribution in [0.5, 0.6) is 0 Å². The van der Waals surface area contributed by atoms with E-state index in [1.54, 1.807) is 0 Å². The van der Waals surface area contributed by atoms with Crippen molar-refractivity contribution in [2.45, 2.75) is 45.7 Å². The van der Waals surface area contributed by atoms with Crippen LogP contribution >= 0.6 is 0 Å². The maximum Gasteiger partial charge on any atom is 0.225 e. The summed E-state index contributed by atoms with van der Waals surface area (Å²) in [5, 5.41) is 3.66. The molecule has 110 valence electrons. The van der Waals surface area contributed by atoms with E-state index in [-0.39, 0.29) is 11.8 Å². The van der Waals surface area contributed by atoms with Gasteiger partial charge in [-0.1, -0.05) is 13.8 Å². The number of aromatic nitrogens is 1. The van der Waals surface area contributed by atoms with E-state index in [2.05, 4.69) is 29.4 Å².